The molecule has 0 bridgehead atoms. The number of likely N-dealkylation sites (tertiary alicyclic amines) is 1. The highest BCUT2D eigenvalue weighted by molar-refractivity contribution is 6.31. The Bertz CT molecular complexity index is 653. The van der Waals surface area contributed by atoms with E-state index in [1.54, 1.807) is 0 Å². The molecule has 0 unspecified atom stereocenters. The number of rotatable bonds is 4. The number of halogens is 4. The Hall–Kier alpha value is -1.35. The predicted octanol–water partition coefficient (Wildman–Crippen LogP) is 3.53. The van der Waals surface area contributed by atoms with E-state index < -0.39 is 22.5 Å². The van der Waals surface area contributed by atoms with Crippen LogP contribution in [0, 0.1) is 0 Å². The fourth-order valence-corrected chi connectivity index (χ4v) is 3.43. The summed E-state index contributed by atoms with van der Waals surface area (Å²) in [6, 6.07) is 3.33. The van der Waals surface area contributed by atoms with Gasteiger partial charge in [0.2, 0.25) is 5.91 Å². The maximum atomic E-state index is 12.9. The standard InChI is InChI=1S/C17H20ClF3N2O3/c18-14-2-1-12(11-13(14)17(19,20)21)22-15(24)3-6-23-7-4-16(5-8-23)25-9-10-26-16/h1-2,11H,3-10H2,(H,22,24). The van der Waals surface area contributed by atoms with Crippen LogP contribution in [0.4, 0.5) is 18.9 Å². The number of benzene rings is 1. The first-order valence-corrected chi connectivity index (χ1v) is 8.82. The van der Waals surface area contributed by atoms with Crippen LogP contribution < -0.4 is 5.32 Å². The number of ether oxygens (including phenoxy) is 2. The SMILES string of the molecule is O=C(CCN1CCC2(CC1)OCCO2)Nc1ccc(Cl)c(C(F)(F)F)c1. The molecule has 0 saturated carbocycles. The Morgan fingerprint density at radius 3 is 2.50 bits per heavy atom. The smallest absolute Gasteiger partial charge is 0.347 e. The fourth-order valence-electron chi connectivity index (χ4n) is 3.21. The topological polar surface area (TPSA) is 50.8 Å². The minimum atomic E-state index is -4.56. The molecule has 0 aromatic heterocycles. The van der Waals surface area contributed by atoms with Crippen molar-refractivity contribution in [1.29, 1.82) is 0 Å². The van der Waals surface area contributed by atoms with Crippen molar-refractivity contribution in [1.82, 2.24) is 4.90 Å². The summed E-state index contributed by atoms with van der Waals surface area (Å²) in [5.74, 6) is -0.801. The van der Waals surface area contributed by atoms with Gasteiger partial charge in [0.1, 0.15) is 0 Å². The monoisotopic (exact) mass is 392 g/mol. The number of nitrogens with zero attached hydrogens (tertiary/aromatic N) is 1. The van der Waals surface area contributed by atoms with Crippen LogP contribution in [-0.2, 0) is 20.4 Å². The zero-order chi connectivity index (χ0) is 18.8. The van der Waals surface area contributed by atoms with Crippen LogP contribution in [0.15, 0.2) is 18.2 Å². The largest absolute Gasteiger partial charge is 0.417 e. The summed E-state index contributed by atoms with van der Waals surface area (Å²) in [5, 5.41) is 2.10. The lowest BCUT2D eigenvalue weighted by atomic mass is 10.0. The molecule has 2 fully saturated rings. The van der Waals surface area contributed by atoms with Crippen molar-refractivity contribution in [3.63, 3.8) is 0 Å². The number of anilines is 1. The first kappa shape index (κ1) is 19.4. The van der Waals surface area contributed by atoms with Crippen LogP contribution in [-0.4, -0.2) is 49.4 Å². The van der Waals surface area contributed by atoms with E-state index in [0.717, 1.165) is 38.1 Å². The Labute approximate surface area is 154 Å². The van der Waals surface area contributed by atoms with Gasteiger partial charge in [-0.05, 0) is 18.2 Å². The van der Waals surface area contributed by atoms with Crippen molar-refractivity contribution >= 4 is 23.2 Å². The lowest BCUT2D eigenvalue weighted by Crippen LogP contribution is -2.45. The highest BCUT2D eigenvalue weighted by Gasteiger charge is 2.39. The molecule has 2 aliphatic rings. The highest BCUT2D eigenvalue weighted by atomic mass is 35.5. The summed E-state index contributed by atoms with van der Waals surface area (Å²) in [6.45, 7) is 3.27. The molecular weight excluding hydrogens is 373 g/mol. The van der Waals surface area contributed by atoms with Crippen LogP contribution >= 0.6 is 11.6 Å². The van der Waals surface area contributed by atoms with Gasteiger partial charge in [0, 0.05) is 44.6 Å². The normalized spacial score (nSPS) is 20.5. The molecule has 2 aliphatic heterocycles. The van der Waals surface area contributed by atoms with Gasteiger partial charge in [-0.15, -0.1) is 0 Å². The summed E-state index contributed by atoms with van der Waals surface area (Å²) >= 11 is 5.57. The summed E-state index contributed by atoms with van der Waals surface area (Å²) in [6.07, 6.45) is -2.87. The van der Waals surface area contributed by atoms with Gasteiger partial charge in [0.05, 0.1) is 23.8 Å². The molecule has 144 valence electrons. The average Bonchev–Trinajstić information content (AvgIpc) is 3.03. The lowest BCUT2D eigenvalue weighted by Gasteiger charge is -2.37. The molecule has 0 radical (unpaired) electrons. The summed E-state index contributed by atoms with van der Waals surface area (Å²) in [7, 11) is 0. The molecule has 1 aromatic carbocycles. The maximum absolute atomic E-state index is 12.9. The molecule has 2 heterocycles. The number of carbonyl (C=O) groups is 1. The minimum Gasteiger partial charge on any atom is -0.347 e. The quantitative estimate of drug-likeness (QED) is 0.851. The van der Waals surface area contributed by atoms with Crippen LogP contribution in [0.5, 0.6) is 0 Å². The number of hydrogen-bond acceptors (Lipinski definition) is 4. The number of alkyl halides is 3. The van der Waals surface area contributed by atoms with Gasteiger partial charge in [-0.1, -0.05) is 11.6 Å². The van der Waals surface area contributed by atoms with E-state index in [4.69, 9.17) is 21.1 Å². The van der Waals surface area contributed by atoms with Gasteiger partial charge in [0.25, 0.3) is 0 Å². The predicted molar refractivity (Wildman–Crippen MR) is 90.0 cm³/mol. The molecule has 3 rings (SSSR count). The second-order valence-electron chi connectivity index (χ2n) is 6.44. The Balaban J connectivity index is 1.48. The van der Waals surface area contributed by atoms with E-state index >= 15 is 0 Å². The molecule has 0 atom stereocenters. The average molecular weight is 393 g/mol. The van der Waals surface area contributed by atoms with Gasteiger partial charge in [-0.25, -0.2) is 0 Å². The number of nitrogens with one attached hydrogen (secondary N) is 1. The van der Waals surface area contributed by atoms with E-state index in [2.05, 4.69) is 10.2 Å². The molecular formula is C17H20ClF3N2O3. The number of hydrogen-bond donors (Lipinski definition) is 1. The number of carbonyl (C=O) groups excluding carboxylic acids is 1. The van der Waals surface area contributed by atoms with Gasteiger partial charge in [-0.3, -0.25) is 4.79 Å². The van der Waals surface area contributed by atoms with E-state index in [9.17, 15) is 18.0 Å². The zero-order valence-electron chi connectivity index (χ0n) is 14.1. The molecule has 1 amide bonds. The molecule has 0 aliphatic carbocycles. The lowest BCUT2D eigenvalue weighted by molar-refractivity contribution is -0.185. The highest BCUT2D eigenvalue weighted by Crippen LogP contribution is 2.36. The van der Waals surface area contributed by atoms with Crippen LogP contribution in [0.1, 0.15) is 24.8 Å². The van der Waals surface area contributed by atoms with Gasteiger partial charge in [0.15, 0.2) is 5.79 Å². The first-order valence-electron chi connectivity index (χ1n) is 8.44. The second kappa shape index (κ2) is 7.72. The van der Waals surface area contributed by atoms with Crippen LogP contribution in [0.3, 0.4) is 0 Å². The van der Waals surface area contributed by atoms with Crippen molar-refractivity contribution in [2.45, 2.75) is 31.2 Å². The molecule has 1 aromatic rings. The Morgan fingerprint density at radius 1 is 1.23 bits per heavy atom. The van der Waals surface area contributed by atoms with Crippen molar-refractivity contribution in [3.8, 4) is 0 Å². The van der Waals surface area contributed by atoms with E-state index in [-0.39, 0.29) is 18.0 Å². The number of amides is 1. The Kier molecular flexibility index (Phi) is 5.76. The molecule has 26 heavy (non-hydrogen) atoms. The molecule has 2 saturated heterocycles. The van der Waals surface area contributed by atoms with Crippen molar-refractivity contribution in [2.75, 3.05) is 38.2 Å². The van der Waals surface area contributed by atoms with Crippen molar-refractivity contribution < 1.29 is 27.4 Å². The summed E-state index contributed by atoms with van der Waals surface area (Å²) in [5.41, 5.74) is -0.882. The van der Waals surface area contributed by atoms with E-state index in [0.29, 0.717) is 19.8 Å². The number of piperidine rings is 1. The maximum Gasteiger partial charge on any atom is 0.417 e. The van der Waals surface area contributed by atoms with Crippen LogP contribution in [0.2, 0.25) is 5.02 Å². The second-order valence-corrected chi connectivity index (χ2v) is 6.85. The Morgan fingerprint density at radius 2 is 1.88 bits per heavy atom. The van der Waals surface area contributed by atoms with Gasteiger partial charge in [-0.2, -0.15) is 13.2 Å². The molecule has 9 heteroatoms. The van der Waals surface area contributed by atoms with E-state index in [1.165, 1.54) is 6.07 Å². The van der Waals surface area contributed by atoms with E-state index in [1.807, 2.05) is 0 Å². The van der Waals surface area contributed by atoms with Crippen LogP contribution in [0.25, 0.3) is 0 Å². The van der Waals surface area contributed by atoms with Gasteiger partial charge >= 0.3 is 6.18 Å². The van der Waals surface area contributed by atoms with Crippen molar-refractivity contribution in [3.05, 3.63) is 28.8 Å². The van der Waals surface area contributed by atoms with Gasteiger partial charge < -0.3 is 19.7 Å². The first-order chi connectivity index (χ1) is 12.3. The third kappa shape index (κ3) is 4.68. The molecule has 1 spiro atoms. The zero-order valence-corrected chi connectivity index (χ0v) is 14.8. The van der Waals surface area contributed by atoms with Crippen molar-refractivity contribution in [2.24, 2.45) is 0 Å². The molecule has 1 N–H and O–H groups in total. The minimum absolute atomic E-state index is 0.0806. The third-order valence-electron chi connectivity index (χ3n) is 4.64. The summed E-state index contributed by atoms with van der Waals surface area (Å²) in [4.78, 5) is 14.2. The fraction of sp³-hybridized carbons (Fsp3) is 0.588. The molecule has 5 nitrogen and oxygen atoms in total. The summed E-state index contributed by atoms with van der Waals surface area (Å²) < 4.78 is 49.9. The third-order valence-corrected chi connectivity index (χ3v) is 4.97.